The van der Waals surface area contributed by atoms with Crippen LogP contribution in [0.2, 0.25) is 0 Å². The quantitative estimate of drug-likeness (QED) is 0.834. The normalized spacial score (nSPS) is 11.6. The molecule has 2 rings (SSSR count). The molecule has 0 amide bonds. The number of benzene rings is 1. The molecule has 0 aliphatic heterocycles. The summed E-state index contributed by atoms with van der Waals surface area (Å²) in [6.07, 6.45) is 3.91. The second-order valence-electron chi connectivity index (χ2n) is 4.30. The fourth-order valence-electron chi connectivity index (χ4n) is 1.74. The van der Waals surface area contributed by atoms with Crippen molar-refractivity contribution in [2.24, 2.45) is 0 Å². The molecule has 19 heavy (non-hydrogen) atoms. The van der Waals surface area contributed by atoms with Crippen molar-refractivity contribution in [1.82, 2.24) is 9.97 Å². The summed E-state index contributed by atoms with van der Waals surface area (Å²) in [5.41, 5.74) is 1.43. The molecule has 0 N–H and O–H groups in total. The van der Waals surface area contributed by atoms with Gasteiger partial charge in [-0.2, -0.15) is 5.26 Å². The van der Waals surface area contributed by atoms with Gasteiger partial charge in [-0.3, -0.25) is 0 Å². The molecule has 0 fully saturated rings. The van der Waals surface area contributed by atoms with Crippen LogP contribution in [-0.2, 0) is 0 Å². The second kappa shape index (κ2) is 5.96. The van der Waals surface area contributed by atoms with E-state index in [0.717, 1.165) is 17.7 Å². The van der Waals surface area contributed by atoms with Crippen LogP contribution in [0.4, 0.5) is 0 Å². The molecular formula is C15H15N3O. The lowest BCUT2D eigenvalue weighted by Gasteiger charge is -2.14. The van der Waals surface area contributed by atoms with Gasteiger partial charge in [-0.1, -0.05) is 32.0 Å². The smallest absolute Gasteiger partial charge is 0.237 e. The molecule has 4 nitrogen and oxygen atoms in total. The zero-order valence-corrected chi connectivity index (χ0v) is 11.0. The molecule has 2 aromatic rings. The minimum absolute atomic E-state index is 0.280. The molecule has 1 aromatic carbocycles. The number of nitriles is 1. The summed E-state index contributed by atoms with van der Waals surface area (Å²) in [5, 5.41) is 8.67. The number of rotatable bonds is 4. The maximum atomic E-state index is 8.67. The van der Waals surface area contributed by atoms with E-state index >= 15 is 0 Å². The largest absolute Gasteiger partial charge is 0.437 e. The number of aromatic nitrogens is 2. The highest BCUT2D eigenvalue weighted by Crippen LogP contribution is 2.30. The molecule has 0 saturated heterocycles. The van der Waals surface area contributed by atoms with Crippen LogP contribution >= 0.6 is 0 Å². The zero-order chi connectivity index (χ0) is 13.7. The summed E-state index contributed by atoms with van der Waals surface area (Å²) in [7, 11) is 0. The first-order valence-electron chi connectivity index (χ1n) is 6.23. The summed E-state index contributed by atoms with van der Waals surface area (Å²) < 4.78 is 5.75. The average Bonchev–Trinajstić information content (AvgIpc) is 2.48. The first kappa shape index (κ1) is 13.0. The van der Waals surface area contributed by atoms with Crippen molar-refractivity contribution < 1.29 is 4.74 Å². The number of hydrogen-bond acceptors (Lipinski definition) is 4. The van der Waals surface area contributed by atoms with Crippen molar-refractivity contribution in [3.63, 3.8) is 0 Å². The molecule has 0 radical (unpaired) electrons. The van der Waals surface area contributed by atoms with Gasteiger partial charge in [0.25, 0.3) is 0 Å². The Kier molecular flexibility index (Phi) is 4.09. The third-order valence-electron chi connectivity index (χ3n) is 3.02. The molecule has 0 aliphatic carbocycles. The van der Waals surface area contributed by atoms with Crippen LogP contribution in [-0.4, -0.2) is 9.97 Å². The van der Waals surface area contributed by atoms with Crippen LogP contribution in [0.1, 0.15) is 37.4 Å². The van der Waals surface area contributed by atoms with E-state index < -0.39 is 0 Å². The Bertz CT molecular complexity index is 587. The highest BCUT2D eigenvalue weighted by Gasteiger charge is 2.10. The maximum absolute atomic E-state index is 8.67. The fraction of sp³-hybridized carbons (Fsp3) is 0.267. The standard InChI is InChI=1S/C15H15N3O/c1-3-11(2)13-6-4-5-7-14(13)19-15-10-17-12(8-16)9-18-15/h4-7,9-11H,3H2,1-2H3. The van der Waals surface area contributed by atoms with E-state index in [1.807, 2.05) is 24.3 Å². The van der Waals surface area contributed by atoms with Crippen molar-refractivity contribution in [2.75, 3.05) is 0 Å². The molecule has 0 bridgehead atoms. The third-order valence-corrected chi connectivity index (χ3v) is 3.02. The van der Waals surface area contributed by atoms with Gasteiger partial charge in [0.05, 0.1) is 12.4 Å². The van der Waals surface area contributed by atoms with Crippen molar-refractivity contribution in [2.45, 2.75) is 26.2 Å². The van der Waals surface area contributed by atoms with Crippen LogP contribution in [0.3, 0.4) is 0 Å². The molecule has 0 aliphatic rings. The van der Waals surface area contributed by atoms with Crippen LogP contribution in [0.25, 0.3) is 0 Å². The summed E-state index contributed by atoms with van der Waals surface area (Å²) in [6.45, 7) is 4.30. The Morgan fingerprint density at radius 3 is 2.68 bits per heavy atom. The van der Waals surface area contributed by atoms with Gasteiger partial charge < -0.3 is 4.74 Å². The lowest BCUT2D eigenvalue weighted by atomic mass is 9.98. The van der Waals surface area contributed by atoms with Gasteiger partial charge in [0.1, 0.15) is 11.8 Å². The highest BCUT2D eigenvalue weighted by atomic mass is 16.5. The molecule has 1 unspecified atom stereocenters. The van der Waals surface area contributed by atoms with E-state index in [1.54, 1.807) is 0 Å². The molecule has 96 valence electrons. The Hall–Kier alpha value is -2.41. The summed E-state index contributed by atoms with van der Waals surface area (Å²) in [4.78, 5) is 8.00. The fourth-order valence-corrected chi connectivity index (χ4v) is 1.74. The van der Waals surface area contributed by atoms with Gasteiger partial charge in [0.15, 0.2) is 5.69 Å². The summed E-state index contributed by atoms with van der Waals surface area (Å²) in [6, 6.07) is 9.83. The maximum Gasteiger partial charge on any atom is 0.237 e. The molecule has 1 heterocycles. The van der Waals surface area contributed by atoms with Gasteiger partial charge in [-0.15, -0.1) is 0 Å². The van der Waals surface area contributed by atoms with Gasteiger partial charge in [0.2, 0.25) is 5.88 Å². The Balaban J connectivity index is 2.25. The lowest BCUT2D eigenvalue weighted by Crippen LogP contribution is -1.97. The summed E-state index contributed by atoms with van der Waals surface area (Å²) in [5.74, 6) is 1.60. The zero-order valence-electron chi connectivity index (χ0n) is 11.0. The van der Waals surface area contributed by atoms with Crippen LogP contribution in [0.5, 0.6) is 11.6 Å². The second-order valence-corrected chi connectivity index (χ2v) is 4.30. The summed E-state index contributed by atoms with van der Waals surface area (Å²) >= 11 is 0. The van der Waals surface area contributed by atoms with E-state index in [0.29, 0.717) is 11.8 Å². The van der Waals surface area contributed by atoms with Gasteiger partial charge in [0, 0.05) is 0 Å². The predicted molar refractivity (Wildman–Crippen MR) is 72.0 cm³/mol. The monoisotopic (exact) mass is 253 g/mol. The molecule has 0 spiro atoms. The van der Waals surface area contributed by atoms with E-state index in [1.165, 1.54) is 12.4 Å². The van der Waals surface area contributed by atoms with Crippen molar-refractivity contribution in [1.29, 1.82) is 5.26 Å². The molecule has 1 aromatic heterocycles. The van der Waals surface area contributed by atoms with Gasteiger partial charge >= 0.3 is 0 Å². The number of hydrogen-bond donors (Lipinski definition) is 0. The van der Waals surface area contributed by atoms with E-state index in [-0.39, 0.29) is 5.69 Å². The predicted octanol–water partition coefficient (Wildman–Crippen LogP) is 3.65. The SMILES string of the molecule is CCC(C)c1ccccc1Oc1cnc(C#N)cn1. The van der Waals surface area contributed by atoms with Crippen LogP contribution in [0.15, 0.2) is 36.7 Å². The molecule has 4 heteroatoms. The van der Waals surface area contributed by atoms with Gasteiger partial charge in [-0.25, -0.2) is 9.97 Å². The van der Waals surface area contributed by atoms with E-state index in [4.69, 9.17) is 10.00 Å². The Morgan fingerprint density at radius 1 is 1.26 bits per heavy atom. The van der Waals surface area contributed by atoms with E-state index in [2.05, 4.69) is 29.9 Å². The molecule has 0 saturated carbocycles. The molecular weight excluding hydrogens is 238 g/mol. The number of nitrogens with zero attached hydrogens (tertiary/aromatic N) is 3. The Morgan fingerprint density at radius 2 is 2.05 bits per heavy atom. The van der Waals surface area contributed by atoms with Crippen LogP contribution < -0.4 is 4.74 Å². The topological polar surface area (TPSA) is 58.8 Å². The van der Waals surface area contributed by atoms with Crippen LogP contribution in [0, 0.1) is 11.3 Å². The van der Waals surface area contributed by atoms with Crippen molar-refractivity contribution >= 4 is 0 Å². The average molecular weight is 253 g/mol. The number of para-hydroxylation sites is 1. The minimum atomic E-state index is 0.280. The molecule has 1 atom stereocenters. The van der Waals surface area contributed by atoms with Crippen molar-refractivity contribution in [3.05, 3.63) is 47.9 Å². The van der Waals surface area contributed by atoms with E-state index in [9.17, 15) is 0 Å². The van der Waals surface area contributed by atoms with Gasteiger partial charge in [-0.05, 0) is 24.0 Å². The minimum Gasteiger partial charge on any atom is -0.437 e. The van der Waals surface area contributed by atoms with Crippen molar-refractivity contribution in [3.8, 4) is 17.7 Å². The number of ether oxygens (including phenoxy) is 1. The first-order chi connectivity index (χ1) is 9.24. The highest BCUT2D eigenvalue weighted by molar-refractivity contribution is 5.38. The third kappa shape index (κ3) is 3.08. The lowest BCUT2D eigenvalue weighted by molar-refractivity contribution is 0.449. The Labute approximate surface area is 112 Å². The first-order valence-corrected chi connectivity index (χ1v) is 6.23.